The number of halogens is 3. The van der Waals surface area contributed by atoms with Crippen LogP contribution in [0.1, 0.15) is 0 Å². The van der Waals surface area contributed by atoms with Gasteiger partial charge in [-0.15, -0.1) is 0 Å². The zero-order valence-electron chi connectivity index (χ0n) is 8.61. The second kappa shape index (κ2) is 5.87. The van der Waals surface area contributed by atoms with E-state index in [0.29, 0.717) is 12.2 Å². The molecule has 9 heteroatoms. The van der Waals surface area contributed by atoms with Crippen molar-refractivity contribution in [3.8, 4) is 0 Å². The monoisotopic (exact) mass is 254 g/mol. The number of nitrogens with zero attached hydrogens (tertiary/aromatic N) is 1. The first kappa shape index (κ1) is 14.9. The number of hydrogen-bond acceptors (Lipinski definition) is 3. The lowest BCUT2D eigenvalue weighted by Gasteiger charge is -2.18. The number of urea groups is 1. The van der Waals surface area contributed by atoms with E-state index < -0.39 is 30.6 Å². The van der Waals surface area contributed by atoms with Gasteiger partial charge in [0.05, 0.1) is 0 Å². The molecule has 0 unspecified atom stereocenters. The molecule has 0 aliphatic heterocycles. The standard InChI is InChI=1S/C8H9F3N2O4/c1-13(4-8(9,10)11)7(17)12-5(14)2-3-6(15)16/h2-3H,4H2,1H3,(H,15,16)(H,12,14,17)/b3-2+. The Labute approximate surface area is 93.7 Å². The number of alkyl halides is 3. The largest absolute Gasteiger partial charge is 0.478 e. The van der Waals surface area contributed by atoms with Crippen LogP contribution < -0.4 is 5.32 Å². The molecule has 0 aromatic heterocycles. The Hall–Kier alpha value is -2.06. The van der Waals surface area contributed by atoms with Gasteiger partial charge < -0.3 is 10.0 Å². The quantitative estimate of drug-likeness (QED) is 0.712. The Morgan fingerprint density at radius 2 is 1.82 bits per heavy atom. The number of hydrogen-bond donors (Lipinski definition) is 2. The van der Waals surface area contributed by atoms with Gasteiger partial charge in [-0.2, -0.15) is 13.2 Å². The highest BCUT2D eigenvalue weighted by Gasteiger charge is 2.31. The van der Waals surface area contributed by atoms with Crippen LogP contribution in [0.2, 0.25) is 0 Å². The highest BCUT2D eigenvalue weighted by atomic mass is 19.4. The van der Waals surface area contributed by atoms with Crippen molar-refractivity contribution >= 4 is 17.9 Å². The van der Waals surface area contributed by atoms with Crippen LogP contribution in [-0.2, 0) is 9.59 Å². The molecule has 0 bridgehead atoms. The van der Waals surface area contributed by atoms with E-state index in [2.05, 4.69) is 0 Å². The molecule has 0 radical (unpaired) electrons. The fraction of sp³-hybridized carbons (Fsp3) is 0.375. The van der Waals surface area contributed by atoms with E-state index in [-0.39, 0.29) is 4.90 Å². The number of amides is 3. The summed E-state index contributed by atoms with van der Waals surface area (Å²) in [7, 11) is 0.844. The minimum Gasteiger partial charge on any atom is -0.478 e. The second-order valence-electron chi connectivity index (χ2n) is 2.94. The molecule has 0 aromatic carbocycles. The smallest absolute Gasteiger partial charge is 0.406 e. The summed E-state index contributed by atoms with van der Waals surface area (Å²) in [4.78, 5) is 32.1. The van der Waals surface area contributed by atoms with Gasteiger partial charge in [-0.1, -0.05) is 0 Å². The third-order valence-electron chi connectivity index (χ3n) is 1.37. The summed E-state index contributed by atoms with van der Waals surface area (Å²) >= 11 is 0. The van der Waals surface area contributed by atoms with Gasteiger partial charge in [0.1, 0.15) is 6.54 Å². The molecule has 0 saturated carbocycles. The Kier molecular flexibility index (Phi) is 5.16. The normalized spacial score (nSPS) is 11.3. The average Bonchev–Trinajstić information content (AvgIpc) is 2.11. The van der Waals surface area contributed by atoms with Crippen molar-refractivity contribution < 1.29 is 32.7 Å². The third kappa shape index (κ3) is 7.82. The fourth-order valence-electron chi connectivity index (χ4n) is 0.730. The maximum atomic E-state index is 11.9. The molecule has 0 aliphatic rings. The second-order valence-corrected chi connectivity index (χ2v) is 2.94. The SMILES string of the molecule is CN(CC(F)(F)F)C(=O)NC(=O)/C=C/C(=O)O. The van der Waals surface area contributed by atoms with Crippen molar-refractivity contribution in [1.82, 2.24) is 10.2 Å². The number of rotatable bonds is 3. The van der Waals surface area contributed by atoms with E-state index in [1.54, 1.807) is 5.32 Å². The maximum absolute atomic E-state index is 11.9. The molecule has 0 aliphatic carbocycles. The number of carbonyl (C=O) groups is 3. The average molecular weight is 254 g/mol. The van der Waals surface area contributed by atoms with Gasteiger partial charge in [0, 0.05) is 19.2 Å². The molecular formula is C8H9F3N2O4. The van der Waals surface area contributed by atoms with Crippen molar-refractivity contribution in [3.63, 3.8) is 0 Å². The molecule has 0 aromatic rings. The lowest BCUT2D eigenvalue weighted by Crippen LogP contribution is -2.44. The summed E-state index contributed by atoms with van der Waals surface area (Å²) in [5, 5.41) is 9.70. The first-order valence-corrected chi connectivity index (χ1v) is 4.15. The molecular weight excluding hydrogens is 245 g/mol. The van der Waals surface area contributed by atoms with E-state index in [0.717, 1.165) is 7.05 Å². The summed E-state index contributed by atoms with van der Waals surface area (Å²) in [5.41, 5.74) is 0. The number of carboxylic acids is 1. The minimum atomic E-state index is -4.58. The molecule has 0 fully saturated rings. The lowest BCUT2D eigenvalue weighted by molar-refractivity contribution is -0.138. The summed E-state index contributed by atoms with van der Waals surface area (Å²) in [6.07, 6.45) is -3.61. The first-order valence-electron chi connectivity index (χ1n) is 4.15. The van der Waals surface area contributed by atoms with Gasteiger partial charge in [-0.05, 0) is 0 Å². The van der Waals surface area contributed by atoms with E-state index in [1.807, 2.05) is 0 Å². The van der Waals surface area contributed by atoms with Gasteiger partial charge in [0.25, 0.3) is 5.91 Å². The molecule has 2 N–H and O–H groups in total. The fourth-order valence-corrected chi connectivity index (χ4v) is 0.730. The third-order valence-corrected chi connectivity index (χ3v) is 1.37. The van der Waals surface area contributed by atoms with Crippen molar-refractivity contribution in [1.29, 1.82) is 0 Å². The number of imide groups is 1. The highest BCUT2D eigenvalue weighted by molar-refractivity contribution is 6.02. The highest BCUT2D eigenvalue weighted by Crippen LogP contribution is 2.15. The van der Waals surface area contributed by atoms with Crippen LogP contribution in [0, 0.1) is 0 Å². The predicted octanol–water partition coefficient (Wildman–Crippen LogP) is 0.357. The summed E-state index contributed by atoms with van der Waals surface area (Å²) in [6.45, 7) is -1.52. The lowest BCUT2D eigenvalue weighted by atomic mass is 10.4. The summed E-state index contributed by atoms with van der Waals surface area (Å²) in [5.74, 6) is -2.54. The van der Waals surface area contributed by atoms with Gasteiger partial charge in [0.2, 0.25) is 0 Å². The molecule has 0 heterocycles. The van der Waals surface area contributed by atoms with Crippen LogP contribution in [-0.4, -0.2) is 47.7 Å². The zero-order valence-corrected chi connectivity index (χ0v) is 8.61. The number of nitrogens with one attached hydrogen (secondary N) is 1. The van der Waals surface area contributed by atoms with Gasteiger partial charge in [0.15, 0.2) is 0 Å². The van der Waals surface area contributed by atoms with Gasteiger partial charge >= 0.3 is 18.2 Å². The molecule has 3 amide bonds. The molecule has 96 valence electrons. The molecule has 6 nitrogen and oxygen atoms in total. The van der Waals surface area contributed by atoms with Crippen molar-refractivity contribution in [2.45, 2.75) is 6.18 Å². The number of carbonyl (C=O) groups excluding carboxylic acids is 2. The van der Waals surface area contributed by atoms with E-state index in [9.17, 15) is 27.6 Å². The zero-order chi connectivity index (χ0) is 13.6. The van der Waals surface area contributed by atoms with Crippen LogP contribution in [0.3, 0.4) is 0 Å². The van der Waals surface area contributed by atoms with E-state index in [4.69, 9.17) is 5.11 Å². The molecule has 0 atom stereocenters. The van der Waals surface area contributed by atoms with E-state index in [1.165, 1.54) is 0 Å². The van der Waals surface area contributed by atoms with Crippen molar-refractivity contribution in [2.75, 3.05) is 13.6 Å². The predicted molar refractivity (Wildman–Crippen MR) is 49.0 cm³/mol. The van der Waals surface area contributed by atoms with E-state index >= 15 is 0 Å². The Bertz CT molecular complexity index is 351. The summed E-state index contributed by atoms with van der Waals surface area (Å²) < 4.78 is 35.6. The van der Waals surface area contributed by atoms with Gasteiger partial charge in [-0.3, -0.25) is 10.1 Å². The Morgan fingerprint density at radius 3 is 2.24 bits per heavy atom. The molecule has 0 saturated heterocycles. The van der Waals surface area contributed by atoms with Crippen LogP contribution in [0.4, 0.5) is 18.0 Å². The summed E-state index contributed by atoms with van der Waals surface area (Å²) in [6, 6.07) is -1.28. The molecule has 0 spiro atoms. The van der Waals surface area contributed by atoms with Crippen LogP contribution >= 0.6 is 0 Å². The topological polar surface area (TPSA) is 86.7 Å². The van der Waals surface area contributed by atoms with Gasteiger partial charge in [-0.25, -0.2) is 9.59 Å². The van der Waals surface area contributed by atoms with Crippen LogP contribution in [0.5, 0.6) is 0 Å². The molecule has 17 heavy (non-hydrogen) atoms. The Morgan fingerprint density at radius 1 is 1.29 bits per heavy atom. The van der Waals surface area contributed by atoms with Crippen LogP contribution in [0.15, 0.2) is 12.2 Å². The van der Waals surface area contributed by atoms with Crippen molar-refractivity contribution in [3.05, 3.63) is 12.2 Å². The number of aliphatic carboxylic acids is 1. The maximum Gasteiger partial charge on any atom is 0.406 e. The van der Waals surface area contributed by atoms with Crippen LogP contribution in [0.25, 0.3) is 0 Å². The van der Waals surface area contributed by atoms with Crippen molar-refractivity contribution in [2.24, 2.45) is 0 Å². The molecule has 0 rings (SSSR count). The minimum absolute atomic E-state index is 0.243. The number of carboxylic acid groups (broad SMARTS) is 1. The Balaban J connectivity index is 4.26. The first-order chi connectivity index (χ1) is 7.61.